The second-order valence-corrected chi connectivity index (χ2v) is 5.57. The Morgan fingerprint density at radius 1 is 1.12 bits per heavy atom. The first-order valence-corrected chi connectivity index (χ1v) is 7.71. The number of carbonyl (C=O) groups excluding carboxylic acids is 1. The number of hydrogen-bond acceptors (Lipinski definition) is 5. The average Bonchev–Trinajstić information content (AvgIpc) is 3.02. The molecule has 0 saturated carbocycles. The zero-order valence-electron chi connectivity index (χ0n) is 13.0. The van der Waals surface area contributed by atoms with E-state index in [1.165, 1.54) is 0 Å². The van der Waals surface area contributed by atoms with Crippen molar-refractivity contribution in [2.24, 2.45) is 0 Å². The van der Waals surface area contributed by atoms with E-state index < -0.39 is 6.10 Å². The zero-order valence-corrected chi connectivity index (χ0v) is 13.0. The summed E-state index contributed by atoms with van der Waals surface area (Å²) in [5.74, 6) is 1.63. The van der Waals surface area contributed by atoms with Crippen LogP contribution < -0.4 is 14.8 Å². The number of nitrogens with zero attached hydrogens (tertiary/aromatic N) is 3. The van der Waals surface area contributed by atoms with Crippen LogP contribution >= 0.6 is 0 Å². The van der Waals surface area contributed by atoms with E-state index >= 15 is 0 Å². The second-order valence-electron chi connectivity index (χ2n) is 5.57. The van der Waals surface area contributed by atoms with E-state index in [2.05, 4.69) is 15.5 Å². The molecule has 24 heavy (non-hydrogen) atoms. The molecular formula is C17H16N4O3. The molecular weight excluding hydrogens is 308 g/mol. The maximum Gasteiger partial charge on any atom is 0.265 e. The van der Waals surface area contributed by atoms with Crippen molar-refractivity contribution in [1.82, 2.24) is 19.9 Å². The number of ether oxygens (including phenoxy) is 2. The van der Waals surface area contributed by atoms with Gasteiger partial charge in [0.25, 0.3) is 5.91 Å². The number of aromatic nitrogens is 3. The average molecular weight is 324 g/mol. The van der Waals surface area contributed by atoms with Gasteiger partial charge in [-0.05, 0) is 31.2 Å². The predicted octanol–water partition coefficient (Wildman–Crippen LogP) is 1.57. The van der Waals surface area contributed by atoms with Crippen molar-refractivity contribution >= 4 is 11.6 Å². The van der Waals surface area contributed by atoms with E-state index in [9.17, 15) is 4.79 Å². The fourth-order valence-corrected chi connectivity index (χ4v) is 2.68. The molecule has 1 aliphatic rings. The number of benzene rings is 1. The summed E-state index contributed by atoms with van der Waals surface area (Å²) in [7, 11) is 0. The molecule has 4 rings (SSSR count). The Morgan fingerprint density at radius 3 is 2.71 bits per heavy atom. The standard InChI is InChI=1S/C17H16N4O3/c1-11-16(24-13-7-3-2-6-12(13)23-11)17(22)18-10-15-20-19-14-8-4-5-9-21(14)15/h2-9,11,16H,10H2,1H3,(H,18,22). The van der Waals surface area contributed by atoms with Gasteiger partial charge in [0.15, 0.2) is 23.0 Å². The molecule has 0 fully saturated rings. The van der Waals surface area contributed by atoms with Crippen LogP contribution in [-0.4, -0.2) is 32.7 Å². The molecule has 1 aromatic carbocycles. The molecule has 2 atom stereocenters. The summed E-state index contributed by atoms with van der Waals surface area (Å²) in [6.45, 7) is 2.07. The Kier molecular flexibility index (Phi) is 3.53. The first-order chi connectivity index (χ1) is 11.7. The summed E-state index contributed by atoms with van der Waals surface area (Å²) < 4.78 is 13.4. The van der Waals surface area contributed by atoms with E-state index in [-0.39, 0.29) is 18.6 Å². The molecule has 7 nitrogen and oxygen atoms in total. The SMILES string of the molecule is CC1Oc2ccccc2OC1C(=O)NCc1nnc2ccccn12. The van der Waals surface area contributed by atoms with Crippen LogP contribution in [0.3, 0.4) is 0 Å². The van der Waals surface area contributed by atoms with Crippen LogP contribution in [0.25, 0.3) is 5.65 Å². The van der Waals surface area contributed by atoms with Crippen molar-refractivity contribution in [2.45, 2.75) is 25.7 Å². The van der Waals surface area contributed by atoms with Crippen molar-refractivity contribution in [1.29, 1.82) is 0 Å². The van der Waals surface area contributed by atoms with Gasteiger partial charge < -0.3 is 14.8 Å². The number of rotatable bonds is 3. The van der Waals surface area contributed by atoms with Crippen LogP contribution in [0.15, 0.2) is 48.7 Å². The molecule has 122 valence electrons. The van der Waals surface area contributed by atoms with Crippen molar-refractivity contribution in [3.05, 3.63) is 54.5 Å². The summed E-state index contributed by atoms with van der Waals surface area (Å²) in [5, 5.41) is 11.0. The van der Waals surface area contributed by atoms with Gasteiger partial charge in [0.1, 0.15) is 6.10 Å². The maximum atomic E-state index is 12.5. The number of carbonyl (C=O) groups is 1. The van der Waals surface area contributed by atoms with E-state index in [0.717, 1.165) is 5.65 Å². The van der Waals surface area contributed by atoms with E-state index in [1.807, 2.05) is 53.9 Å². The number of para-hydroxylation sites is 2. The molecule has 0 aliphatic carbocycles. The Balaban J connectivity index is 1.47. The number of pyridine rings is 1. The highest BCUT2D eigenvalue weighted by Gasteiger charge is 2.33. The Labute approximate surface area is 138 Å². The van der Waals surface area contributed by atoms with Crippen LogP contribution in [0, 0.1) is 0 Å². The molecule has 0 bridgehead atoms. The quantitative estimate of drug-likeness (QED) is 0.791. The number of hydrogen-bond donors (Lipinski definition) is 1. The number of amides is 1. The largest absolute Gasteiger partial charge is 0.482 e. The van der Waals surface area contributed by atoms with E-state index in [1.54, 1.807) is 6.07 Å². The molecule has 3 aromatic rings. The lowest BCUT2D eigenvalue weighted by molar-refractivity contribution is -0.133. The smallest absolute Gasteiger partial charge is 0.265 e. The van der Waals surface area contributed by atoms with Gasteiger partial charge in [-0.3, -0.25) is 9.20 Å². The summed E-state index contributed by atoms with van der Waals surface area (Å²) in [6.07, 6.45) is 0.768. The molecule has 3 heterocycles. The topological polar surface area (TPSA) is 77.8 Å². The second kappa shape index (κ2) is 5.84. The van der Waals surface area contributed by atoms with Gasteiger partial charge in [-0.2, -0.15) is 0 Å². The fraction of sp³-hybridized carbons (Fsp3) is 0.235. The van der Waals surface area contributed by atoms with E-state index in [4.69, 9.17) is 9.47 Å². The number of fused-ring (bicyclic) bond motifs is 2. The predicted molar refractivity (Wildman–Crippen MR) is 85.8 cm³/mol. The van der Waals surface area contributed by atoms with Crippen molar-refractivity contribution in [2.75, 3.05) is 0 Å². The molecule has 7 heteroatoms. The third-order valence-corrected chi connectivity index (χ3v) is 3.91. The summed E-state index contributed by atoms with van der Waals surface area (Å²) in [6, 6.07) is 12.9. The third kappa shape index (κ3) is 2.54. The van der Waals surface area contributed by atoms with Gasteiger partial charge in [-0.1, -0.05) is 18.2 Å². The van der Waals surface area contributed by atoms with Crippen LogP contribution in [0.2, 0.25) is 0 Å². The van der Waals surface area contributed by atoms with Gasteiger partial charge in [-0.15, -0.1) is 10.2 Å². The highest BCUT2D eigenvalue weighted by atomic mass is 16.6. The highest BCUT2D eigenvalue weighted by Crippen LogP contribution is 2.33. The summed E-state index contributed by atoms with van der Waals surface area (Å²) >= 11 is 0. The maximum absolute atomic E-state index is 12.5. The first-order valence-electron chi connectivity index (χ1n) is 7.71. The van der Waals surface area contributed by atoms with Gasteiger partial charge in [-0.25, -0.2) is 0 Å². The van der Waals surface area contributed by atoms with Gasteiger partial charge in [0.05, 0.1) is 6.54 Å². The van der Waals surface area contributed by atoms with Crippen molar-refractivity contribution in [3.8, 4) is 11.5 Å². The molecule has 0 saturated heterocycles. The minimum Gasteiger partial charge on any atom is -0.482 e. The lowest BCUT2D eigenvalue weighted by Crippen LogP contribution is -2.48. The first kappa shape index (κ1) is 14.5. The van der Waals surface area contributed by atoms with Crippen LogP contribution in [0.4, 0.5) is 0 Å². The molecule has 0 spiro atoms. The Bertz CT molecular complexity index is 892. The Hall–Kier alpha value is -3.09. The van der Waals surface area contributed by atoms with Crippen molar-refractivity contribution < 1.29 is 14.3 Å². The lowest BCUT2D eigenvalue weighted by Gasteiger charge is -2.30. The molecule has 2 unspecified atom stereocenters. The summed E-state index contributed by atoms with van der Waals surface area (Å²) in [4.78, 5) is 12.5. The van der Waals surface area contributed by atoms with Crippen LogP contribution in [0.5, 0.6) is 11.5 Å². The minimum absolute atomic E-state index is 0.246. The monoisotopic (exact) mass is 324 g/mol. The van der Waals surface area contributed by atoms with Crippen LogP contribution in [-0.2, 0) is 11.3 Å². The normalized spacial score (nSPS) is 19.2. The van der Waals surface area contributed by atoms with Crippen LogP contribution in [0.1, 0.15) is 12.7 Å². The zero-order chi connectivity index (χ0) is 16.5. The van der Waals surface area contributed by atoms with Crippen molar-refractivity contribution in [3.63, 3.8) is 0 Å². The number of nitrogens with one attached hydrogen (secondary N) is 1. The summed E-state index contributed by atoms with van der Waals surface area (Å²) in [5.41, 5.74) is 0.737. The highest BCUT2D eigenvalue weighted by molar-refractivity contribution is 5.82. The lowest BCUT2D eigenvalue weighted by atomic mass is 10.1. The molecule has 1 amide bonds. The van der Waals surface area contributed by atoms with Gasteiger partial charge >= 0.3 is 0 Å². The fourth-order valence-electron chi connectivity index (χ4n) is 2.68. The minimum atomic E-state index is -0.709. The van der Waals surface area contributed by atoms with Gasteiger partial charge in [0.2, 0.25) is 6.10 Å². The molecule has 1 N–H and O–H groups in total. The molecule has 2 aromatic heterocycles. The van der Waals surface area contributed by atoms with E-state index in [0.29, 0.717) is 17.3 Å². The Morgan fingerprint density at radius 2 is 1.88 bits per heavy atom. The van der Waals surface area contributed by atoms with Gasteiger partial charge in [0, 0.05) is 6.20 Å². The third-order valence-electron chi connectivity index (χ3n) is 3.91. The molecule has 0 radical (unpaired) electrons. The molecule has 1 aliphatic heterocycles.